The number of para-hydroxylation sites is 1. The monoisotopic (exact) mass is 446 g/mol. The van der Waals surface area contributed by atoms with Gasteiger partial charge >= 0.3 is 0 Å². The Morgan fingerprint density at radius 1 is 1.10 bits per heavy atom. The second-order valence-electron chi connectivity index (χ2n) is 6.45. The number of hydrogen-bond donors (Lipinski definition) is 1. The van der Waals surface area contributed by atoms with Crippen molar-refractivity contribution < 1.29 is 9.53 Å². The van der Waals surface area contributed by atoms with Crippen LogP contribution >= 0.6 is 15.9 Å². The van der Waals surface area contributed by atoms with Crippen molar-refractivity contribution >= 4 is 33.6 Å². The number of carbonyl (C=O) groups excluding carboxylic acids is 1. The van der Waals surface area contributed by atoms with E-state index >= 15 is 0 Å². The molecule has 0 atom stereocenters. The molecule has 3 rings (SSSR count). The smallest absolute Gasteiger partial charge is 0.266 e. The number of halogens is 1. The van der Waals surface area contributed by atoms with Gasteiger partial charge in [0.1, 0.15) is 24.0 Å². The van der Waals surface area contributed by atoms with Gasteiger partial charge in [-0.2, -0.15) is 5.26 Å². The maximum atomic E-state index is 12.3. The lowest BCUT2D eigenvalue weighted by atomic mass is 10.1. The standard InChI is InChI=1S/C24H19BrN2O2/c1-17-7-9-18(10-8-17)16-29-23-12-11-19(14-22(23)25)13-20(15-26)24(28)27-21-5-3-2-4-6-21/h2-14H,16H2,1H3,(H,27,28)/b20-13-. The van der Waals surface area contributed by atoms with Crippen molar-refractivity contribution in [3.05, 3.63) is 99.5 Å². The molecule has 0 aliphatic rings. The number of carbonyl (C=O) groups is 1. The summed E-state index contributed by atoms with van der Waals surface area (Å²) in [6, 6.07) is 24.6. The van der Waals surface area contributed by atoms with E-state index in [-0.39, 0.29) is 5.57 Å². The van der Waals surface area contributed by atoms with Gasteiger partial charge in [0, 0.05) is 5.69 Å². The normalized spacial score (nSPS) is 10.9. The van der Waals surface area contributed by atoms with Crippen LogP contribution in [0.1, 0.15) is 16.7 Å². The lowest BCUT2D eigenvalue weighted by Gasteiger charge is -2.09. The molecule has 0 heterocycles. The third kappa shape index (κ3) is 5.81. The predicted octanol–water partition coefficient (Wildman–Crippen LogP) is 5.88. The van der Waals surface area contributed by atoms with Crippen molar-refractivity contribution in [1.82, 2.24) is 0 Å². The zero-order valence-corrected chi connectivity index (χ0v) is 17.4. The van der Waals surface area contributed by atoms with Gasteiger partial charge in [0.15, 0.2) is 0 Å². The molecule has 1 amide bonds. The zero-order valence-electron chi connectivity index (χ0n) is 15.9. The lowest BCUT2D eigenvalue weighted by molar-refractivity contribution is -0.112. The van der Waals surface area contributed by atoms with E-state index in [0.717, 1.165) is 15.6 Å². The van der Waals surface area contributed by atoms with Crippen LogP contribution in [0, 0.1) is 18.3 Å². The van der Waals surface area contributed by atoms with Crippen molar-refractivity contribution in [1.29, 1.82) is 5.26 Å². The summed E-state index contributed by atoms with van der Waals surface area (Å²) < 4.78 is 6.61. The molecule has 0 radical (unpaired) electrons. The van der Waals surface area contributed by atoms with Crippen LogP contribution in [0.25, 0.3) is 6.08 Å². The first-order chi connectivity index (χ1) is 14.0. The highest BCUT2D eigenvalue weighted by atomic mass is 79.9. The third-order valence-corrected chi connectivity index (χ3v) is 4.80. The Bertz CT molecular complexity index is 1070. The highest BCUT2D eigenvalue weighted by Crippen LogP contribution is 2.28. The van der Waals surface area contributed by atoms with Gasteiger partial charge in [0.2, 0.25) is 0 Å². The molecule has 0 fully saturated rings. The van der Waals surface area contributed by atoms with Gasteiger partial charge in [-0.3, -0.25) is 4.79 Å². The molecule has 29 heavy (non-hydrogen) atoms. The van der Waals surface area contributed by atoms with Crippen LogP contribution in [0.3, 0.4) is 0 Å². The van der Waals surface area contributed by atoms with Crippen molar-refractivity contribution in [3.63, 3.8) is 0 Å². The number of nitrogens with zero attached hydrogens (tertiary/aromatic N) is 1. The molecule has 0 aliphatic carbocycles. The van der Waals surface area contributed by atoms with Crippen LogP contribution in [-0.4, -0.2) is 5.91 Å². The number of aryl methyl sites for hydroxylation is 1. The van der Waals surface area contributed by atoms with Crippen LogP contribution in [0.15, 0.2) is 82.8 Å². The van der Waals surface area contributed by atoms with Gasteiger partial charge in [0.25, 0.3) is 5.91 Å². The summed E-state index contributed by atoms with van der Waals surface area (Å²) in [6.07, 6.45) is 1.55. The average molecular weight is 447 g/mol. The number of nitriles is 1. The summed E-state index contributed by atoms with van der Waals surface area (Å²) in [5, 5.41) is 12.1. The van der Waals surface area contributed by atoms with Gasteiger partial charge in [-0.15, -0.1) is 0 Å². The number of ether oxygens (including phenoxy) is 1. The number of hydrogen-bond acceptors (Lipinski definition) is 3. The van der Waals surface area contributed by atoms with Gasteiger partial charge in [0.05, 0.1) is 4.47 Å². The molecule has 0 bridgehead atoms. The molecule has 3 aromatic rings. The number of benzene rings is 3. The molecule has 0 saturated heterocycles. The number of amides is 1. The predicted molar refractivity (Wildman–Crippen MR) is 118 cm³/mol. The van der Waals surface area contributed by atoms with Crippen LogP contribution < -0.4 is 10.1 Å². The van der Waals surface area contributed by atoms with Gasteiger partial charge < -0.3 is 10.1 Å². The molecule has 4 nitrogen and oxygen atoms in total. The summed E-state index contributed by atoms with van der Waals surface area (Å²) in [5.74, 6) is 0.240. The number of rotatable bonds is 6. The molecular formula is C24H19BrN2O2. The third-order valence-electron chi connectivity index (χ3n) is 4.18. The van der Waals surface area contributed by atoms with Crippen LogP contribution in [-0.2, 0) is 11.4 Å². The maximum absolute atomic E-state index is 12.3. The quantitative estimate of drug-likeness (QED) is 0.379. The molecule has 0 saturated carbocycles. The van der Waals surface area contributed by atoms with Crippen LogP contribution in [0.2, 0.25) is 0 Å². The summed E-state index contributed by atoms with van der Waals surface area (Å²) >= 11 is 3.50. The summed E-state index contributed by atoms with van der Waals surface area (Å²) in [6.45, 7) is 2.50. The Balaban J connectivity index is 1.70. The Morgan fingerprint density at radius 2 is 1.83 bits per heavy atom. The van der Waals surface area contributed by atoms with Gasteiger partial charge in [-0.25, -0.2) is 0 Å². The van der Waals surface area contributed by atoms with E-state index in [2.05, 4.69) is 21.2 Å². The van der Waals surface area contributed by atoms with Crippen LogP contribution in [0.5, 0.6) is 5.75 Å². The minimum absolute atomic E-state index is 0.0223. The second kappa shape index (κ2) is 9.72. The highest BCUT2D eigenvalue weighted by molar-refractivity contribution is 9.10. The Labute approximate surface area is 178 Å². The minimum atomic E-state index is -0.450. The van der Waals surface area contributed by atoms with Crippen molar-refractivity contribution in [2.45, 2.75) is 13.5 Å². The summed E-state index contributed by atoms with van der Waals surface area (Å²) in [4.78, 5) is 12.3. The average Bonchev–Trinajstić information content (AvgIpc) is 2.73. The molecular weight excluding hydrogens is 428 g/mol. The van der Waals surface area contributed by atoms with Gasteiger partial charge in [-0.1, -0.05) is 54.1 Å². The first-order valence-electron chi connectivity index (χ1n) is 9.01. The van der Waals surface area contributed by atoms with E-state index in [4.69, 9.17) is 4.74 Å². The Kier molecular flexibility index (Phi) is 6.83. The zero-order chi connectivity index (χ0) is 20.6. The van der Waals surface area contributed by atoms with Crippen LogP contribution in [0.4, 0.5) is 5.69 Å². The van der Waals surface area contributed by atoms with Crippen molar-refractivity contribution in [3.8, 4) is 11.8 Å². The van der Waals surface area contributed by atoms with E-state index in [1.54, 1.807) is 18.2 Å². The Morgan fingerprint density at radius 3 is 2.48 bits per heavy atom. The fourth-order valence-corrected chi connectivity index (χ4v) is 3.12. The first kappa shape index (κ1) is 20.4. The SMILES string of the molecule is Cc1ccc(COc2ccc(/C=C(/C#N)C(=O)Nc3ccccc3)cc2Br)cc1. The van der Waals surface area contributed by atoms with E-state index in [1.165, 1.54) is 5.56 Å². The summed E-state index contributed by atoms with van der Waals surface area (Å²) in [5.41, 5.74) is 3.67. The second-order valence-corrected chi connectivity index (χ2v) is 7.31. The fourth-order valence-electron chi connectivity index (χ4n) is 2.60. The van der Waals surface area contributed by atoms with E-state index in [9.17, 15) is 10.1 Å². The number of anilines is 1. The van der Waals surface area contributed by atoms with Crippen molar-refractivity contribution in [2.75, 3.05) is 5.32 Å². The molecule has 1 N–H and O–H groups in total. The topological polar surface area (TPSA) is 62.1 Å². The van der Waals surface area contributed by atoms with Crippen molar-refractivity contribution in [2.24, 2.45) is 0 Å². The lowest BCUT2D eigenvalue weighted by Crippen LogP contribution is -2.13. The molecule has 0 aliphatic heterocycles. The van der Waals surface area contributed by atoms with E-state index in [1.807, 2.05) is 73.7 Å². The van der Waals surface area contributed by atoms with E-state index < -0.39 is 5.91 Å². The molecule has 144 valence electrons. The number of nitrogens with one attached hydrogen (secondary N) is 1. The van der Waals surface area contributed by atoms with Gasteiger partial charge in [-0.05, 0) is 64.3 Å². The maximum Gasteiger partial charge on any atom is 0.266 e. The molecule has 0 spiro atoms. The molecule has 0 unspecified atom stereocenters. The molecule has 0 aromatic heterocycles. The molecule has 3 aromatic carbocycles. The molecule has 5 heteroatoms. The largest absolute Gasteiger partial charge is 0.488 e. The minimum Gasteiger partial charge on any atom is -0.488 e. The summed E-state index contributed by atoms with van der Waals surface area (Å²) in [7, 11) is 0. The fraction of sp³-hybridized carbons (Fsp3) is 0.0833. The van der Waals surface area contributed by atoms with E-state index in [0.29, 0.717) is 18.0 Å². The highest BCUT2D eigenvalue weighted by Gasteiger charge is 2.10. The first-order valence-corrected chi connectivity index (χ1v) is 9.80. The Hall–Kier alpha value is -3.36.